The number of aromatic nitrogens is 4. The van der Waals surface area contributed by atoms with Crippen LogP contribution in [0.1, 0.15) is 78.2 Å². The van der Waals surface area contributed by atoms with Crippen LogP contribution in [0.25, 0.3) is 0 Å². The van der Waals surface area contributed by atoms with E-state index >= 15 is 0 Å². The molecule has 0 saturated carbocycles. The number of benzene rings is 2. The fraction of sp³-hybridized carbons (Fsp3) is 0.439. The molecule has 1 unspecified atom stereocenters. The molecule has 5 rings (SSSR count). The van der Waals surface area contributed by atoms with Gasteiger partial charge in [0.1, 0.15) is 11.2 Å². The molecule has 14 nitrogen and oxygen atoms in total. The molecule has 3 heterocycles. The van der Waals surface area contributed by atoms with Crippen molar-refractivity contribution in [1.29, 1.82) is 0 Å². The normalized spacial score (nSPS) is 15.3. The van der Waals surface area contributed by atoms with Gasteiger partial charge in [-0.15, -0.1) is 0 Å². The van der Waals surface area contributed by atoms with Crippen LogP contribution in [0.4, 0.5) is 21.5 Å². The van der Waals surface area contributed by atoms with Crippen molar-refractivity contribution in [2.24, 2.45) is 0 Å². The van der Waals surface area contributed by atoms with Gasteiger partial charge in [-0.05, 0) is 57.0 Å². The van der Waals surface area contributed by atoms with Crippen molar-refractivity contribution in [3.05, 3.63) is 96.6 Å². The number of carbonyl (C=O) groups excluding carboxylic acids is 2. The summed E-state index contributed by atoms with van der Waals surface area (Å²) in [6.07, 6.45) is 4.12. The highest BCUT2D eigenvalue weighted by Crippen LogP contribution is 2.37. The van der Waals surface area contributed by atoms with Crippen LogP contribution in [-0.4, -0.2) is 99.9 Å². The summed E-state index contributed by atoms with van der Waals surface area (Å²) in [5.74, 6) is -0.257. The molecule has 0 radical (unpaired) electrons. The second-order valence-corrected chi connectivity index (χ2v) is 21.1. The zero-order chi connectivity index (χ0) is 40.9. The summed E-state index contributed by atoms with van der Waals surface area (Å²) >= 11 is 0. The van der Waals surface area contributed by atoms with Crippen LogP contribution in [0.15, 0.2) is 85.5 Å². The molecule has 1 fully saturated rings. The molecule has 0 spiro atoms. The van der Waals surface area contributed by atoms with Gasteiger partial charge in [0.15, 0.2) is 0 Å². The van der Waals surface area contributed by atoms with Crippen LogP contribution in [-0.2, 0) is 20.4 Å². The van der Waals surface area contributed by atoms with Crippen molar-refractivity contribution in [2.45, 2.75) is 91.1 Å². The molecule has 56 heavy (non-hydrogen) atoms. The molecule has 1 N–H and O–H groups in total. The van der Waals surface area contributed by atoms with Crippen LogP contribution in [0.3, 0.4) is 0 Å². The molecule has 298 valence electrons. The lowest BCUT2D eigenvalue weighted by molar-refractivity contribution is -0.000317. The van der Waals surface area contributed by atoms with Gasteiger partial charge in [-0.1, -0.05) is 81.4 Å². The number of ether oxygens (including phenoxy) is 2. The number of aromatic carboxylic acids is 1. The van der Waals surface area contributed by atoms with E-state index in [1.807, 2.05) is 46.2 Å². The van der Waals surface area contributed by atoms with Gasteiger partial charge in [0, 0.05) is 50.0 Å². The predicted octanol–water partition coefficient (Wildman–Crippen LogP) is 5.91. The highest BCUT2D eigenvalue weighted by molar-refractivity contribution is 6.99. The van der Waals surface area contributed by atoms with Crippen molar-refractivity contribution < 1.29 is 33.4 Å². The van der Waals surface area contributed by atoms with Crippen LogP contribution >= 0.6 is 0 Å². The molecule has 15 heteroatoms. The first-order valence-corrected chi connectivity index (χ1v) is 20.5. The summed E-state index contributed by atoms with van der Waals surface area (Å²) in [5, 5.41) is 11.5. The van der Waals surface area contributed by atoms with Crippen LogP contribution < -0.4 is 20.2 Å². The molecular weight excluding hydrogens is 731 g/mol. The van der Waals surface area contributed by atoms with Gasteiger partial charge in [-0.25, -0.2) is 39.2 Å². The molecule has 4 aromatic rings. The summed E-state index contributed by atoms with van der Waals surface area (Å²) in [7, 11) is -2.94. The molecule has 1 atom stereocenters. The van der Waals surface area contributed by atoms with Gasteiger partial charge >= 0.3 is 18.2 Å². The number of anilines is 2. The average molecular weight is 784 g/mol. The highest BCUT2D eigenvalue weighted by atomic mass is 28.4. The van der Waals surface area contributed by atoms with Crippen molar-refractivity contribution in [3.8, 4) is 0 Å². The van der Waals surface area contributed by atoms with E-state index in [-0.39, 0.29) is 23.2 Å². The average Bonchev–Trinajstić information content (AvgIpc) is 3.13. The Morgan fingerprint density at radius 3 is 1.66 bits per heavy atom. The molecule has 1 aliphatic heterocycles. The maximum atomic E-state index is 13.1. The van der Waals surface area contributed by atoms with Crippen molar-refractivity contribution in [1.82, 2.24) is 24.8 Å². The fourth-order valence-corrected chi connectivity index (χ4v) is 11.2. The first-order valence-electron chi connectivity index (χ1n) is 18.6. The number of piperazine rings is 1. The first kappa shape index (κ1) is 41.7. The minimum Gasteiger partial charge on any atom is -0.478 e. The number of rotatable bonds is 10. The largest absolute Gasteiger partial charge is 0.478 e. The molecular formula is C41H53N7O7Si. The van der Waals surface area contributed by atoms with E-state index in [0.29, 0.717) is 43.7 Å². The zero-order valence-electron chi connectivity index (χ0n) is 33.7. The maximum absolute atomic E-state index is 13.1. The highest BCUT2D eigenvalue weighted by Gasteiger charge is 2.51. The Morgan fingerprint density at radius 1 is 0.732 bits per heavy atom. The van der Waals surface area contributed by atoms with Gasteiger partial charge in [-0.2, -0.15) is 0 Å². The molecule has 2 aromatic heterocycles. The van der Waals surface area contributed by atoms with Gasteiger partial charge in [0.2, 0.25) is 11.9 Å². The van der Waals surface area contributed by atoms with E-state index in [1.165, 1.54) is 12.4 Å². The Hall–Kier alpha value is -5.41. The van der Waals surface area contributed by atoms with E-state index in [1.54, 1.807) is 53.9 Å². The number of hydrogen-bond donors (Lipinski definition) is 1. The molecule has 2 amide bonds. The van der Waals surface area contributed by atoms with Gasteiger partial charge in [0.25, 0.3) is 8.32 Å². The quantitative estimate of drug-likeness (QED) is 0.189. The lowest BCUT2D eigenvalue weighted by atomic mass is 10.2. The minimum absolute atomic E-state index is 0.00195. The monoisotopic (exact) mass is 783 g/mol. The standard InChI is InChI=1S/C41H53N7O7Si/c1-39(2,3)54-37(51)48(38(52)55-40(4,5)6)26-29-22-42-35(43-23-29)46-20-21-47(36-44-24-30(25-45-36)34(49)50)31(27-46)28-53-56(41(7,8)9,32-16-12-10-13-17-32)33-18-14-11-15-19-33/h10-19,22-25,31H,20-21,26-28H2,1-9H3,(H,49,50). The molecule has 2 aromatic carbocycles. The van der Waals surface area contributed by atoms with E-state index in [9.17, 15) is 19.5 Å². The lowest BCUT2D eigenvalue weighted by Gasteiger charge is -2.46. The van der Waals surface area contributed by atoms with Crippen LogP contribution in [0, 0.1) is 0 Å². The number of carboxylic acids is 1. The number of carbonyl (C=O) groups is 3. The Balaban J connectivity index is 1.45. The Bertz CT molecular complexity index is 1880. The SMILES string of the molecule is CC(C)(C)OC(=O)N(Cc1cnc(N2CCN(c3ncc(C(=O)O)cn3)C(CO[Si](c3ccccc3)(c3ccccc3)C(C)(C)C)C2)nc1)C(=O)OC(C)(C)C. The lowest BCUT2D eigenvalue weighted by Crippen LogP contribution is -2.68. The zero-order valence-corrected chi connectivity index (χ0v) is 34.7. The third-order valence-electron chi connectivity index (χ3n) is 9.08. The molecule has 0 bridgehead atoms. The summed E-state index contributed by atoms with van der Waals surface area (Å²) in [5.41, 5.74) is -1.16. The smallest absolute Gasteiger partial charge is 0.420 e. The van der Waals surface area contributed by atoms with Crippen LogP contribution in [0.5, 0.6) is 0 Å². The second kappa shape index (κ2) is 16.8. The molecule has 1 aliphatic rings. The van der Waals surface area contributed by atoms with Crippen molar-refractivity contribution >= 4 is 48.7 Å². The Labute approximate surface area is 330 Å². The fourth-order valence-electron chi connectivity index (χ4n) is 6.62. The van der Waals surface area contributed by atoms with E-state index in [2.05, 4.69) is 65.0 Å². The summed E-state index contributed by atoms with van der Waals surface area (Å²) < 4.78 is 18.4. The molecule has 1 saturated heterocycles. The second-order valence-electron chi connectivity index (χ2n) is 16.8. The molecule has 0 aliphatic carbocycles. The van der Waals surface area contributed by atoms with Gasteiger partial charge in [0.05, 0.1) is 24.8 Å². The maximum Gasteiger partial charge on any atom is 0.420 e. The van der Waals surface area contributed by atoms with Crippen LogP contribution in [0.2, 0.25) is 5.04 Å². The van der Waals surface area contributed by atoms with E-state index in [4.69, 9.17) is 13.9 Å². The Morgan fingerprint density at radius 2 is 1.21 bits per heavy atom. The Kier molecular flexibility index (Phi) is 12.5. The number of carboxylic acid groups (broad SMARTS) is 1. The number of nitrogens with zero attached hydrogens (tertiary/aromatic N) is 7. The third kappa shape index (κ3) is 10.1. The number of imide groups is 1. The first-order chi connectivity index (χ1) is 26.3. The summed E-state index contributed by atoms with van der Waals surface area (Å²) in [4.78, 5) is 61.1. The summed E-state index contributed by atoms with van der Waals surface area (Å²) in [6, 6.07) is 20.5. The van der Waals surface area contributed by atoms with Gasteiger partial charge < -0.3 is 28.8 Å². The number of hydrogen-bond acceptors (Lipinski definition) is 12. The topological polar surface area (TPSA) is 160 Å². The van der Waals surface area contributed by atoms with Crippen molar-refractivity contribution in [2.75, 3.05) is 36.0 Å². The summed E-state index contributed by atoms with van der Waals surface area (Å²) in [6.45, 7) is 18.5. The predicted molar refractivity (Wildman–Crippen MR) is 216 cm³/mol. The van der Waals surface area contributed by atoms with E-state index in [0.717, 1.165) is 15.3 Å². The third-order valence-corrected chi connectivity index (χ3v) is 14.1. The van der Waals surface area contributed by atoms with Crippen molar-refractivity contribution in [3.63, 3.8) is 0 Å². The van der Waals surface area contributed by atoms with Gasteiger partial charge in [-0.3, -0.25) is 0 Å². The number of amides is 2. The minimum atomic E-state index is -2.94. The van der Waals surface area contributed by atoms with E-state index < -0.39 is 37.7 Å².